The van der Waals surface area contributed by atoms with E-state index in [-0.39, 0.29) is 17.6 Å². The van der Waals surface area contributed by atoms with Crippen LogP contribution in [0.2, 0.25) is 0 Å². The molecule has 2 nitrogen and oxygen atoms in total. The number of hydrogen-bond donors (Lipinski definition) is 0. The summed E-state index contributed by atoms with van der Waals surface area (Å²) in [5.74, 6) is 0.616. The van der Waals surface area contributed by atoms with Gasteiger partial charge in [0.2, 0.25) is 0 Å². The van der Waals surface area contributed by atoms with Crippen molar-refractivity contribution < 1.29 is 9.47 Å². The molecule has 120 valence electrons. The Morgan fingerprint density at radius 1 is 1.13 bits per heavy atom. The zero-order valence-electron chi connectivity index (χ0n) is 13.9. The maximum atomic E-state index is 6.25. The SMILES string of the molecule is CCO[C@H](c1ccccc1)[C@@]12C[C@@H]1CO[C@H]2c1ccc(C)cc1. The van der Waals surface area contributed by atoms with Gasteiger partial charge in [-0.15, -0.1) is 0 Å². The highest BCUT2D eigenvalue weighted by molar-refractivity contribution is 5.33. The first-order valence-corrected chi connectivity index (χ1v) is 8.60. The Morgan fingerprint density at radius 2 is 1.87 bits per heavy atom. The molecule has 0 bridgehead atoms. The number of hydrogen-bond acceptors (Lipinski definition) is 2. The lowest BCUT2D eigenvalue weighted by Crippen LogP contribution is -2.24. The molecule has 0 N–H and O–H groups in total. The van der Waals surface area contributed by atoms with Crippen LogP contribution in [0.4, 0.5) is 0 Å². The van der Waals surface area contributed by atoms with Crippen molar-refractivity contribution in [1.29, 1.82) is 0 Å². The van der Waals surface area contributed by atoms with Gasteiger partial charge in [-0.2, -0.15) is 0 Å². The first-order chi connectivity index (χ1) is 11.3. The van der Waals surface area contributed by atoms with Crippen LogP contribution < -0.4 is 0 Å². The predicted octanol–water partition coefficient (Wildman–Crippen LogP) is 4.85. The van der Waals surface area contributed by atoms with Gasteiger partial charge in [-0.05, 0) is 37.3 Å². The fraction of sp³-hybridized carbons (Fsp3) is 0.429. The van der Waals surface area contributed by atoms with Gasteiger partial charge in [0.25, 0.3) is 0 Å². The van der Waals surface area contributed by atoms with Crippen molar-refractivity contribution in [1.82, 2.24) is 0 Å². The minimum atomic E-state index is 0.104. The summed E-state index contributed by atoms with van der Waals surface area (Å²) >= 11 is 0. The minimum absolute atomic E-state index is 0.104. The van der Waals surface area contributed by atoms with Crippen molar-refractivity contribution in [3.63, 3.8) is 0 Å². The Morgan fingerprint density at radius 3 is 2.52 bits per heavy atom. The molecule has 4 atom stereocenters. The first-order valence-electron chi connectivity index (χ1n) is 8.60. The molecule has 1 heterocycles. The van der Waals surface area contributed by atoms with Gasteiger partial charge < -0.3 is 9.47 Å². The Kier molecular flexibility index (Phi) is 3.74. The second-order valence-corrected chi connectivity index (χ2v) is 6.88. The van der Waals surface area contributed by atoms with E-state index in [4.69, 9.17) is 9.47 Å². The largest absolute Gasteiger partial charge is 0.373 e. The van der Waals surface area contributed by atoms with Crippen LogP contribution in [0.25, 0.3) is 0 Å². The van der Waals surface area contributed by atoms with E-state index in [1.165, 1.54) is 23.1 Å². The highest BCUT2D eigenvalue weighted by atomic mass is 16.5. The summed E-state index contributed by atoms with van der Waals surface area (Å²) in [6.07, 6.45) is 1.46. The monoisotopic (exact) mass is 308 g/mol. The average molecular weight is 308 g/mol. The summed E-state index contributed by atoms with van der Waals surface area (Å²) in [7, 11) is 0. The van der Waals surface area contributed by atoms with Gasteiger partial charge in [0.05, 0.1) is 18.8 Å². The number of fused-ring (bicyclic) bond motifs is 1. The van der Waals surface area contributed by atoms with Crippen LogP contribution in [0.15, 0.2) is 54.6 Å². The molecule has 2 aliphatic rings. The zero-order valence-corrected chi connectivity index (χ0v) is 13.9. The Labute approximate surface area is 138 Å². The highest BCUT2D eigenvalue weighted by Crippen LogP contribution is 2.72. The van der Waals surface area contributed by atoms with Crippen LogP contribution in [0.1, 0.15) is 42.2 Å². The maximum Gasteiger partial charge on any atom is 0.0913 e. The van der Waals surface area contributed by atoms with Gasteiger partial charge in [0.15, 0.2) is 0 Å². The Balaban J connectivity index is 1.71. The normalized spacial score (nSPS) is 30.0. The number of benzene rings is 2. The molecule has 23 heavy (non-hydrogen) atoms. The topological polar surface area (TPSA) is 18.5 Å². The minimum Gasteiger partial charge on any atom is -0.373 e. The molecule has 1 aliphatic carbocycles. The molecule has 0 spiro atoms. The Hall–Kier alpha value is -1.64. The zero-order chi connectivity index (χ0) is 15.9. The summed E-state index contributed by atoms with van der Waals surface area (Å²) in [4.78, 5) is 0. The summed E-state index contributed by atoms with van der Waals surface area (Å²) in [6, 6.07) is 19.5. The molecule has 2 heteroatoms. The van der Waals surface area contributed by atoms with Gasteiger partial charge in [-0.3, -0.25) is 0 Å². The van der Waals surface area contributed by atoms with Gasteiger partial charge in [-0.1, -0.05) is 60.2 Å². The Bertz CT molecular complexity index is 664. The standard InChI is InChI=1S/C21H24O2/c1-3-22-19(16-7-5-4-6-8-16)21-13-18(21)14-23-20(21)17-11-9-15(2)10-12-17/h4-12,18-20H,3,13-14H2,1-2H3/t18-,19-,20+,21-/m1/s1. The predicted molar refractivity (Wildman–Crippen MR) is 91.2 cm³/mol. The molecule has 4 rings (SSSR count). The van der Waals surface area contributed by atoms with E-state index in [0.717, 1.165) is 13.2 Å². The van der Waals surface area contributed by atoms with Crippen LogP contribution in [-0.4, -0.2) is 13.2 Å². The van der Waals surface area contributed by atoms with Gasteiger partial charge >= 0.3 is 0 Å². The molecule has 2 aromatic rings. The quantitative estimate of drug-likeness (QED) is 0.786. The molecule has 1 saturated carbocycles. The van der Waals surface area contributed by atoms with Crippen molar-refractivity contribution in [2.45, 2.75) is 32.5 Å². The van der Waals surface area contributed by atoms with Gasteiger partial charge in [0, 0.05) is 12.0 Å². The van der Waals surface area contributed by atoms with Crippen LogP contribution in [0.5, 0.6) is 0 Å². The maximum absolute atomic E-state index is 6.25. The summed E-state index contributed by atoms with van der Waals surface area (Å²) in [5, 5.41) is 0. The summed E-state index contributed by atoms with van der Waals surface area (Å²) in [5.41, 5.74) is 3.96. The second-order valence-electron chi connectivity index (χ2n) is 6.88. The summed E-state index contributed by atoms with van der Waals surface area (Å²) < 4.78 is 12.5. The van der Waals surface area contributed by atoms with Crippen molar-refractivity contribution >= 4 is 0 Å². The third-order valence-corrected chi connectivity index (χ3v) is 5.46. The molecule has 1 saturated heterocycles. The van der Waals surface area contributed by atoms with Crippen molar-refractivity contribution in [3.05, 3.63) is 71.3 Å². The number of rotatable bonds is 5. The molecule has 0 unspecified atom stereocenters. The van der Waals surface area contributed by atoms with Crippen LogP contribution >= 0.6 is 0 Å². The lowest BCUT2D eigenvalue weighted by atomic mass is 9.83. The third-order valence-electron chi connectivity index (χ3n) is 5.46. The molecular weight excluding hydrogens is 284 g/mol. The fourth-order valence-electron chi connectivity index (χ4n) is 4.23. The van der Waals surface area contributed by atoms with E-state index in [1.54, 1.807) is 0 Å². The molecule has 2 fully saturated rings. The van der Waals surface area contributed by atoms with Crippen LogP contribution in [0, 0.1) is 18.3 Å². The van der Waals surface area contributed by atoms with E-state index in [2.05, 4.69) is 68.4 Å². The highest BCUT2D eigenvalue weighted by Gasteiger charge is 2.68. The van der Waals surface area contributed by atoms with E-state index >= 15 is 0 Å². The van der Waals surface area contributed by atoms with Gasteiger partial charge in [0.1, 0.15) is 0 Å². The molecule has 1 aliphatic heterocycles. The van der Waals surface area contributed by atoms with Crippen LogP contribution in [-0.2, 0) is 9.47 Å². The average Bonchev–Trinajstić information content (AvgIpc) is 3.20. The molecule has 0 radical (unpaired) electrons. The van der Waals surface area contributed by atoms with Crippen molar-refractivity contribution in [3.8, 4) is 0 Å². The molecule has 2 aromatic carbocycles. The van der Waals surface area contributed by atoms with E-state index < -0.39 is 0 Å². The summed E-state index contributed by atoms with van der Waals surface area (Å²) in [6.45, 7) is 5.80. The lowest BCUT2D eigenvalue weighted by molar-refractivity contribution is -0.0465. The van der Waals surface area contributed by atoms with E-state index in [1.807, 2.05) is 0 Å². The molecule has 0 aromatic heterocycles. The van der Waals surface area contributed by atoms with Crippen molar-refractivity contribution in [2.24, 2.45) is 11.3 Å². The molecule has 0 amide bonds. The van der Waals surface area contributed by atoms with E-state index in [9.17, 15) is 0 Å². The lowest BCUT2D eigenvalue weighted by Gasteiger charge is -2.31. The second kappa shape index (κ2) is 5.77. The van der Waals surface area contributed by atoms with Crippen molar-refractivity contribution in [2.75, 3.05) is 13.2 Å². The first kappa shape index (κ1) is 14.9. The fourth-order valence-corrected chi connectivity index (χ4v) is 4.23. The smallest absolute Gasteiger partial charge is 0.0913 e. The molecular formula is C21H24O2. The number of aryl methyl sites for hydroxylation is 1. The van der Waals surface area contributed by atoms with Crippen LogP contribution in [0.3, 0.4) is 0 Å². The third kappa shape index (κ3) is 2.41. The van der Waals surface area contributed by atoms with Gasteiger partial charge in [-0.25, -0.2) is 0 Å². The van der Waals surface area contributed by atoms with E-state index in [0.29, 0.717) is 5.92 Å². The number of ether oxygens (including phenoxy) is 2.